The van der Waals surface area contributed by atoms with E-state index in [4.69, 9.17) is 11.6 Å². The fourth-order valence-electron chi connectivity index (χ4n) is 4.04. The molecule has 178 valence electrons. The predicted octanol–water partition coefficient (Wildman–Crippen LogP) is 2.96. The minimum atomic E-state index is -3.66. The average molecular weight is 498 g/mol. The largest absolute Gasteiger partial charge is 0.481 e. The number of aliphatic hydroxyl groups is 1. The summed E-state index contributed by atoms with van der Waals surface area (Å²) >= 11 is 5.85. The lowest BCUT2D eigenvalue weighted by Gasteiger charge is -2.44. The summed E-state index contributed by atoms with van der Waals surface area (Å²) in [6.07, 6.45) is 1.16. The number of anilines is 1. The standard InChI is InChI=1S/C23H25ClFNO6S/c1-23(2,33(3,31)32)19(12-27)26-11-16(22(29)30)21(28)15-10-13(7-8-18(15)26)9-14-5-4-6-17(24)20(14)25/h4-8,10,16,19,27H,9,11-12H2,1-3H3,(H,29,30)/t16?,19-/m1/s1. The minimum Gasteiger partial charge on any atom is -0.481 e. The second-order valence-corrected chi connectivity index (χ2v) is 11.7. The van der Waals surface area contributed by atoms with Crippen LogP contribution in [0, 0.1) is 11.7 Å². The molecule has 0 spiro atoms. The Kier molecular flexibility index (Phi) is 6.89. The van der Waals surface area contributed by atoms with E-state index in [0.717, 1.165) is 6.26 Å². The summed E-state index contributed by atoms with van der Waals surface area (Å²) in [4.78, 5) is 26.3. The Hall–Kier alpha value is -2.49. The molecule has 0 saturated carbocycles. The van der Waals surface area contributed by atoms with Gasteiger partial charge in [0, 0.05) is 30.5 Å². The van der Waals surface area contributed by atoms with Gasteiger partial charge in [0.2, 0.25) is 0 Å². The van der Waals surface area contributed by atoms with Crippen LogP contribution in [0.3, 0.4) is 0 Å². The molecule has 2 aromatic carbocycles. The molecular weight excluding hydrogens is 473 g/mol. The van der Waals surface area contributed by atoms with Crippen molar-refractivity contribution >= 4 is 38.9 Å². The Labute approximate surface area is 196 Å². The van der Waals surface area contributed by atoms with Crippen LogP contribution in [-0.2, 0) is 21.1 Å². The molecule has 1 unspecified atom stereocenters. The quantitative estimate of drug-likeness (QED) is 0.565. The van der Waals surface area contributed by atoms with Crippen molar-refractivity contribution in [3.05, 3.63) is 63.9 Å². The first kappa shape index (κ1) is 25.1. The second-order valence-electron chi connectivity index (χ2n) is 8.72. The van der Waals surface area contributed by atoms with E-state index < -0.39 is 50.7 Å². The van der Waals surface area contributed by atoms with E-state index in [0.29, 0.717) is 16.8 Å². The van der Waals surface area contributed by atoms with Gasteiger partial charge in [-0.05, 0) is 43.2 Å². The van der Waals surface area contributed by atoms with Gasteiger partial charge < -0.3 is 15.1 Å². The predicted molar refractivity (Wildman–Crippen MR) is 123 cm³/mol. The van der Waals surface area contributed by atoms with Crippen molar-refractivity contribution < 1.29 is 32.6 Å². The maximum atomic E-state index is 14.4. The highest BCUT2D eigenvalue weighted by Gasteiger charge is 2.47. The first-order chi connectivity index (χ1) is 15.3. The van der Waals surface area contributed by atoms with Crippen LogP contribution in [0.2, 0.25) is 5.02 Å². The molecule has 1 aliphatic rings. The van der Waals surface area contributed by atoms with Crippen molar-refractivity contribution in [2.75, 3.05) is 24.3 Å². The number of fused-ring (bicyclic) bond motifs is 1. The maximum Gasteiger partial charge on any atom is 0.316 e. The summed E-state index contributed by atoms with van der Waals surface area (Å²) in [5.41, 5.74) is 1.26. The Bertz CT molecular complexity index is 1210. The lowest BCUT2D eigenvalue weighted by atomic mass is 9.86. The van der Waals surface area contributed by atoms with E-state index in [1.54, 1.807) is 24.3 Å². The van der Waals surface area contributed by atoms with E-state index in [-0.39, 0.29) is 23.6 Å². The van der Waals surface area contributed by atoms with Crippen molar-refractivity contribution in [3.8, 4) is 0 Å². The third-order valence-corrected chi connectivity index (χ3v) is 8.84. The van der Waals surface area contributed by atoms with E-state index >= 15 is 0 Å². The van der Waals surface area contributed by atoms with Crippen LogP contribution < -0.4 is 4.90 Å². The van der Waals surface area contributed by atoms with Crippen LogP contribution in [0.15, 0.2) is 36.4 Å². The van der Waals surface area contributed by atoms with Gasteiger partial charge in [0.1, 0.15) is 11.7 Å². The third-order valence-electron chi connectivity index (χ3n) is 6.36. The van der Waals surface area contributed by atoms with Gasteiger partial charge in [-0.1, -0.05) is 29.8 Å². The number of hydrogen-bond acceptors (Lipinski definition) is 6. The number of benzene rings is 2. The van der Waals surface area contributed by atoms with Gasteiger partial charge in [0.15, 0.2) is 15.6 Å². The molecule has 2 aromatic rings. The van der Waals surface area contributed by atoms with Crippen LogP contribution in [0.4, 0.5) is 10.1 Å². The van der Waals surface area contributed by atoms with Crippen molar-refractivity contribution in [1.82, 2.24) is 0 Å². The van der Waals surface area contributed by atoms with Crippen LogP contribution in [0.1, 0.15) is 35.3 Å². The molecule has 7 nitrogen and oxygen atoms in total. The Morgan fingerprint density at radius 3 is 2.55 bits per heavy atom. The summed E-state index contributed by atoms with van der Waals surface area (Å²) in [5.74, 6) is -4.00. The minimum absolute atomic E-state index is 0.0348. The van der Waals surface area contributed by atoms with E-state index in [9.17, 15) is 32.6 Å². The van der Waals surface area contributed by atoms with Crippen LogP contribution in [0.25, 0.3) is 0 Å². The second kappa shape index (κ2) is 9.04. The topological polar surface area (TPSA) is 112 Å². The van der Waals surface area contributed by atoms with Crippen LogP contribution in [-0.4, -0.2) is 60.6 Å². The molecule has 0 aromatic heterocycles. The summed E-state index contributed by atoms with van der Waals surface area (Å²) in [7, 11) is -3.66. The Balaban J connectivity index is 2.12. The summed E-state index contributed by atoms with van der Waals surface area (Å²) < 4.78 is 37.8. The van der Waals surface area contributed by atoms with Crippen molar-refractivity contribution in [2.45, 2.75) is 31.1 Å². The molecule has 0 amide bonds. The molecule has 0 radical (unpaired) electrons. The SMILES string of the molecule is CC(C)([C@@H](CO)N1CC(C(=O)O)C(=O)c2cc(Cc3cccc(Cl)c3F)ccc21)S(C)(=O)=O. The van der Waals surface area contributed by atoms with Crippen molar-refractivity contribution in [1.29, 1.82) is 0 Å². The number of sulfone groups is 1. The van der Waals surface area contributed by atoms with Gasteiger partial charge in [0.25, 0.3) is 0 Å². The number of Topliss-reactive ketones (excluding diaryl/α,β-unsaturated/α-hetero) is 1. The third kappa shape index (κ3) is 4.62. The highest BCUT2D eigenvalue weighted by Crippen LogP contribution is 2.37. The van der Waals surface area contributed by atoms with Crippen LogP contribution >= 0.6 is 11.6 Å². The van der Waals surface area contributed by atoms with Gasteiger partial charge in [-0.2, -0.15) is 0 Å². The van der Waals surface area contributed by atoms with Gasteiger partial charge in [-0.25, -0.2) is 12.8 Å². The Morgan fingerprint density at radius 2 is 1.97 bits per heavy atom. The van der Waals surface area contributed by atoms with E-state index in [1.807, 2.05) is 0 Å². The number of ketones is 1. The molecule has 3 rings (SSSR count). The first-order valence-corrected chi connectivity index (χ1v) is 12.5. The molecule has 1 aliphatic heterocycles. The number of carboxylic acid groups (broad SMARTS) is 1. The smallest absolute Gasteiger partial charge is 0.316 e. The van der Waals surface area contributed by atoms with Gasteiger partial charge in [-0.15, -0.1) is 0 Å². The van der Waals surface area contributed by atoms with Crippen molar-refractivity contribution in [3.63, 3.8) is 0 Å². The summed E-state index contributed by atoms with van der Waals surface area (Å²) in [6.45, 7) is 2.04. The number of carbonyl (C=O) groups is 2. The lowest BCUT2D eigenvalue weighted by Crippen LogP contribution is -2.59. The Morgan fingerprint density at radius 1 is 1.30 bits per heavy atom. The maximum absolute atomic E-state index is 14.4. The monoisotopic (exact) mass is 497 g/mol. The molecule has 2 atom stereocenters. The number of carbonyl (C=O) groups excluding carboxylic acids is 1. The summed E-state index contributed by atoms with van der Waals surface area (Å²) in [6, 6.07) is 8.30. The molecular formula is C23H25ClFNO6S. The fourth-order valence-corrected chi connectivity index (χ4v) is 4.93. The summed E-state index contributed by atoms with van der Waals surface area (Å²) in [5, 5.41) is 19.7. The lowest BCUT2D eigenvalue weighted by molar-refractivity contribution is -0.139. The van der Waals surface area contributed by atoms with Crippen LogP contribution in [0.5, 0.6) is 0 Å². The number of halogens is 2. The number of carboxylic acids is 1. The molecule has 1 heterocycles. The number of hydrogen-bond donors (Lipinski definition) is 2. The van der Waals surface area contributed by atoms with Crippen molar-refractivity contribution in [2.24, 2.45) is 5.92 Å². The number of rotatable bonds is 7. The zero-order chi connectivity index (χ0) is 24.7. The molecule has 0 fully saturated rings. The first-order valence-electron chi connectivity index (χ1n) is 10.2. The van der Waals surface area contributed by atoms with Gasteiger partial charge >= 0.3 is 5.97 Å². The molecule has 0 bridgehead atoms. The molecule has 33 heavy (non-hydrogen) atoms. The normalized spacial score (nSPS) is 17.6. The number of nitrogens with zero attached hydrogens (tertiary/aromatic N) is 1. The number of aliphatic hydroxyl groups excluding tert-OH is 1. The fraction of sp³-hybridized carbons (Fsp3) is 0.391. The van der Waals surface area contributed by atoms with E-state index in [2.05, 4.69) is 0 Å². The molecule has 0 saturated heterocycles. The highest BCUT2D eigenvalue weighted by molar-refractivity contribution is 7.92. The van der Waals surface area contributed by atoms with Gasteiger partial charge in [-0.3, -0.25) is 9.59 Å². The average Bonchev–Trinajstić information content (AvgIpc) is 2.72. The number of aliphatic carboxylic acids is 1. The van der Waals surface area contributed by atoms with E-state index in [1.165, 1.54) is 30.9 Å². The molecule has 10 heteroatoms. The molecule has 0 aliphatic carbocycles. The van der Waals surface area contributed by atoms with Gasteiger partial charge in [0.05, 0.1) is 22.4 Å². The zero-order valence-electron chi connectivity index (χ0n) is 18.4. The zero-order valence-corrected chi connectivity index (χ0v) is 20.0. The molecule has 2 N–H and O–H groups in total. The highest BCUT2D eigenvalue weighted by atomic mass is 35.5.